The fraction of sp³-hybridized carbons (Fsp3) is 0. The zero-order chi connectivity index (χ0) is 33.5. The molecule has 0 fully saturated rings. The normalized spacial score (nSPS) is 11.9. The number of para-hydroxylation sites is 2. The summed E-state index contributed by atoms with van der Waals surface area (Å²) in [5.74, 6) is 1.58. The molecule has 0 bridgehead atoms. The number of aromatic nitrogens is 3. The molecule has 0 aliphatic carbocycles. The molecule has 0 amide bonds. The Kier molecular flexibility index (Phi) is 5.96. The van der Waals surface area contributed by atoms with E-state index in [1.54, 1.807) is 0 Å². The van der Waals surface area contributed by atoms with E-state index in [0.717, 1.165) is 33.3 Å². The Bertz CT molecular complexity index is 3170. The second-order valence-electron chi connectivity index (χ2n) is 13.3. The highest BCUT2D eigenvalue weighted by molar-refractivity contribution is 6.42. The zero-order valence-corrected chi connectivity index (χ0v) is 27.6. The maximum absolute atomic E-state index is 5.47. The summed E-state index contributed by atoms with van der Waals surface area (Å²) in [6.07, 6.45) is 0. The Balaban J connectivity index is 1.31. The van der Waals surface area contributed by atoms with Crippen LogP contribution in [0.5, 0.6) is 0 Å². The van der Waals surface area contributed by atoms with Crippen molar-refractivity contribution in [3.63, 3.8) is 0 Å². The van der Waals surface area contributed by atoms with Crippen LogP contribution >= 0.6 is 0 Å². The van der Waals surface area contributed by atoms with Gasteiger partial charge in [0.25, 0.3) is 0 Å². The molecule has 0 spiro atoms. The maximum atomic E-state index is 5.47. The predicted molar refractivity (Wildman–Crippen MR) is 215 cm³/mol. The molecule has 2 aromatic heterocycles. The quantitative estimate of drug-likeness (QED) is 0.179. The zero-order valence-electron chi connectivity index (χ0n) is 27.6. The van der Waals surface area contributed by atoms with Gasteiger partial charge in [-0.1, -0.05) is 158 Å². The number of hydrogen-bond acceptors (Lipinski definition) is 2. The van der Waals surface area contributed by atoms with Gasteiger partial charge in [-0.05, 0) is 61.6 Å². The van der Waals surface area contributed by atoms with Gasteiger partial charge in [0.05, 0.1) is 16.6 Å². The third-order valence-corrected chi connectivity index (χ3v) is 10.6. The summed E-state index contributed by atoms with van der Waals surface area (Å²) in [6.45, 7) is 0. The molecule has 2 heterocycles. The van der Waals surface area contributed by atoms with Gasteiger partial charge in [-0.15, -0.1) is 0 Å². The van der Waals surface area contributed by atoms with Crippen molar-refractivity contribution in [3.8, 4) is 28.3 Å². The summed E-state index contributed by atoms with van der Waals surface area (Å²) >= 11 is 0. The average molecular weight is 648 g/mol. The predicted octanol–water partition coefficient (Wildman–Crippen LogP) is 12.7. The average Bonchev–Trinajstić information content (AvgIpc) is 3.56. The first-order valence-corrected chi connectivity index (χ1v) is 17.4. The Hall–Kier alpha value is -6.84. The van der Waals surface area contributed by atoms with Crippen molar-refractivity contribution in [2.24, 2.45) is 0 Å². The van der Waals surface area contributed by atoms with Gasteiger partial charge < -0.3 is 0 Å². The summed E-state index contributed by atoms with van der Waals surface area (Å²) in [5.41, 5.74) is 6.53. The number of nitrogens with zero attached hydrogens (tertiary/aromatic N) is 3. The second kappa shape index (κ2) is 10.8. The lowest BCUT2D eigenvalue weighted by Crippen LogP contribution is -2.03. The fourth-order valence-electron chi connectivity index (χ4n) is 8.36. The minimum Gasteiger partial charge on any atom is -0.292 e. The molecule has 0 unspecified atom stereocenters. The van der Waals surface area contributed by atoms with Gasteiger partial charge >= 0.3 is 0 Å². The largest absolute Gasteiger partial charge is 0.292 e. The molecule has 3 heteroatoms. The van der Waals surface area contributed by atoms with Crippen LogP contribution in [0.3, 0.4) is 0 Å². The van der Waals surface area contributed by atoms with Crippen molar-refractivity contribution >= 4 is 75.8 Å². The molecule has 0 saturated carbocycles. The van der Waals surface area contributed by atoms with Crippen LogP contribution in [-0.4, -0.2) is 14.5 Å². The van der Waals surface area contributed by atoms with Crippen LogP contribution in [0.15, 0.2) is 176 Å². The minimum absolute atomic E-state index is 0.704. The lowest BCUT2D eigenvalue weighted by molar-refractivity contribution is 1.08. The highest BCUT2D eigenvalue weighted by Gasteiger charge is 2.24. The van der Waals surface area contributed by atoms with Crippen molar-refractivity contribution < 1.29 is 0 Å². The Morgan fingerprint density at radius 3 is 1.51 bits per heavy atom. The fourth-order valence-corrected chi connectivity index (χ4v) is 8.36. The third kappa shape index (κ3) is 4.06. The SMILES string of the molecule is c1ccc(-c2ccc(-c3nc(-n4c5ccccc5c5c6c7ccccc7c7ccccc7c6c6ccccc6c54)c4ccccc4n3)cc2)cc1. The molecular weight excluding hydrogens is 619 g/mol. The first-order valence-electron chi connectivity index (χ1n) is 17.4. The standard InChI is InChI=1S/C48H29N3/c1-2-14-30(15-3-1)31-26-28-32(29-27-31)47-49-41-24-12-10-22-39(41)48(50-47)51-42-25-13-11-23-40(42)45-44-36-19-7-5-17-34(36)33-16-4-6-18-35(33)43(44)37-20-8-9-21-38(37)46(45)51/h1-29H. The molecule has 0 saturated heterocycles. The first-order chi connectivity index (χ1) is 25.3. The Morgan fingerprint density at radius 1 is 0.314 bits per heavy atom. The van der Waals surface area contributed by atoms with Gasteiger partial charge in [0, 0.05) is 32.5 Å². The second-order valence-corrected chi connectivity index (χ2v) is 13.3. The van der Waals surface area contributed by atoms with E-state index < -0.39 is 0 Å². The first kappa shape index (κ1) is 28.0. The van der Waals surface area contributed by atoms with Gasteiger partial charge in [0.15, 0.2) is 5.82 Å². The van der Waals surface area contributed by atoms with Crippen LogP contribution in [0.2, 0.25) is 0 Å². The minimum atomic E-state index is 0.704. The molecular formula is C48H29N3. The molecule has 9 aromatic carbocycles. The van der Waals surface area contributed by atoms with Crippen molar-refractivity contribution in [1.29, 1.82) is 0 Å². The molecule has 236 valence electrons. The summed E-state index contributed by atoms with van der Waals surface area (Å²) in [4.78, 5) is 10.6. The topological polar surface area (TPSA) is 30.7 Å². The van der Waals surface area contributed by atoms with Gasteiger partial charge in [-0.25, -0.2) is 9.97 Å². The van der Waals surface area contributed by atoms with Crippen molar-refractivity contribution in [2.75, 3.05) is 0 Å². The number of rotatable bonds is 3. The molecule has 0 radical (unpaired) electrons. The van der Waals surface area contributed by atoms with E-state index in [-0.39, 0.29) is 0 Å². The Labute approximate surface area is 293 Å². The Morgan fingerprint density at radius 2 is 0.804 bits per heavy atom. The third-order valence-electron chi connectivity index (χ3n) is 10.6. The molecule has 11 rings (SSSR count). The van der Waals surface area contributed by atoms with Gasteiger partial charge in [-0.2, -0.15) is 0 Å². The van der Waals surface area contributed by atoms with Crippen molar-refractivity contribution in [2.45, 2.75) is 0 Å². The summed E-state index contributed by atoms with van der Waals surface area (Å²) in [5, 5.41) is 13.6. The van der Waals surface area contributed by atoms with Crippen LogP contribution in [0.25, 0.3) is 104 Å². The van der Waals surface area contributed by atoms with Crippen LogP contribution < -0.4 is 0 Å². The number of hydrogen-bond donors (Lipinski definition) is 0. The highest BCUT2D eigenvalue weighted by Crippen LogP contribution is 2.48. The highest BCUT2D eigenvalue weighted by atomic mass is 15.1. The summed E-state index contributed by atoms with van der Waals surface area (Å²) in [6, 6.07) is 63.0. The van der Waals surface area contributed by atoms with E-state index >= 15 is 0 Å². The van der Waals surface area contributed by atoms with Crippen molar-refractivity contribution in [1.82, 2.24) is 14.5 Å². The van der Waals surface area contributed by atoms with Crippen LogP contribution in [0.1, 0.15) is 0 Å². The summed E-state index contributed by atoms with van der Waals surface area (Å²) < 4.78 is 2.41. The van der Waals surface area contributed by atoms with Crippen LogP contribution in [0, 0.1) is 0 Å². The monoisotopic (exact) mass is 647 g/mol. The van der Waals surface area contributed by atoms with Crippen LogP contribution in [0.4, 0.5) is 0 Å². The molecule has 51 heavy (non-hydrogen) atoms. The van der Waals surface area contributed by atoms with Gasteiger partial charge in [0.1, 0.15) is 5.82 Å². The van der Waals surface area contributed by atoms with E-state index in [4.69, 9.17) is 9.97 Å². The number of fused-ring (bicyclic) bond motifs is 14. The van der Waals surface area contributed by atoms with E-state index in [2.05, 4.69) is 174 Å². The van der Waals surface area contributed by atoms with E-state index in [1.807, 2.05) is 6.07 Å². The molecule has 11 aromatic rings. The summed E-state index contributed by atoms with van der Waals surface area (Å²) in [7, 11) is 0. The smallest absolute Gasteiger partial charge is 0.162 e. The van der Waals surface area contributed by atoms with E-state index in [0.29, 0.717) is 5.82 Å². The number of benzene rings is 9. The molecule has 0 atom stereocenters. The lowest BCUT2D eigenvalue weighted by atomic mass is 9.88. The van der Waals surface area contributed by atoms with Crippen LogP contribution in [-0.2, 0) is 0 Å². The lowest BCUT2D eigenvalue weighted by Gasteiger charge is -2.17. The molecule has 0 aliphatic rings. The van der Waals surface area contributed by atoms with E-state index in [1.165, 1.54) is 65.0 Å². The molecule has 0 N–H and O–H groups in total. The van der Waals surface area contributed by atoms with Gasteiger partial charge in [0.2, 0.25) is 0 Å². The van der Waals surface area contributed by atoms with Crippen molar-refractivity contribution in [3.05, 3.63) is 176 Å². The molecule has 0 aliphatic heterocycles. The maximum Gasteiger partial charge on any atom is 0.162 e. The van der Waals surface area contributed by atoms with Gasteiger partial charge in [-0.3, -0.25) is 4.57 Å². The van der Waals surface area contributed by atoms with E-state index in [9.17, 15) is 0 Å². The molecule has 3 nitrogen and oxygen atoms in total.